The summed E-state index contributed by atoms with van der Waals surface area (Å²) in [6.45, 7) is 4.91. The molecule has 0 saturated heterocycles. The maximum atomic E-state index is 5.66. The summed E-state index contributed by atoms with van der Waals surface area (Å²) in [5.41, 5.74) is 2.01. The lowest BCUT2D eigenvalue weighted by Crippen LogP contribution is -2.05. The van der Waals surface area contributed by atoms with Gasteiger partial charge in [-0.25, -0.2) is 9.97 Å². The molecule has 0 saturated carbocycles. The van der Waals surface area contributed by atoms with Crippen LogP contribution in [0, 0.1) is 0 Å². The van der Waals surface area contributed by atoms with Crippen LogP contribution in [0.1, 0.15) is 19.4 Å². The van der Waals surface area contributed by atoms with Crippen molar-refractivity contribution in [1.82, 2.24) is 9.97 Å². The highest BCUT2D eigenvalue weighted by atomic mass is 16.7. The molecular weight excluding hydrogens is 356 g/mol. The van der Waals surface area contributed by atoms with E-state index in [2.05, 4.69) is 20.6 Å². The molecule has 7 nitrogen and oxygen atoms in total. The van der Waals surface area contributed by atoms with Gasteiger partial charge in [0.2, 0.25) is 6.79 Å². The first-order valence-corrected chi connectivity index (χ1v) is 9.14. The van der Waals surface area contributed by atoms with E-state index in [-0.39, 0.29) is 12.9 Å². The zero-order chi connectivity index (χ0) is 19.3. The third-order valence-corrected chi connectivity index (χ3v) is 4.08. The molecule has 28 heavy (non-hydrogen) atoms. The third kappa shape index (κ3) is 4.43. The zero-order valence-corrected chi connectivity index (χ0v) is 15.8. The molecule has 0 spiro atoms. The molecule has 2 heterocycles. The Morgan fingerprint density at radius 2 is 1.75 bits per heavy atom. The van der Waals surface area contributed by atoms with Crippen LogP contribution in [0.4, 0.5) is 17.3 Å². The highest BCUT2D eigenvalue weighted by Gasteiger charge is 2.13. The number of hydrogen-bond donors (Lipinski definition) is 2. The van der Waals surface area contributed by atoms with E-state index in [0.29, 0.717) is 12.4 Å². The predicted octanol–water partition coefficient (Wildman–Crippen LogP) is 4.35. The van der Waals surface area contributed by atoms with Gasteiger partial charge in [-0.1, -0.05) is 6.07 Å². The topological polar surface area (TPSA) is 77.5 Å². The summed E-state index contributed by atoms with van der Waals surface area (Å²) < 4.78 is 16.4. The molecule has 7 heteroatoms. The van der Waals surface area contributed by atoms with Crippen LogP contribution in [0.2, 0.25) is 0 Å². The molecule has 144 valence electrons. The number of aromatic nitrogens is 2. The van der Waals surface area contributed by atoms with E-state index in [9.17, 15) is 0 Å². The van der Waals surface area contributed by atoms with Crippen LogP contribution in [0.15, 0.2) is 54.9 Å². The van der Waals surface area contributed by atoms with E-state index in [1.54, 1.807) is 0 Å². The molecule has 1 aliphatic rings. The van der Waals surface area contributed by atoms with Gasteiger partial charge in [-0.3, -0.25) is 0 Å². The van der Waals surface area contributed by atoms with E-state index in [1.807, 2.05) is 62.4 Å². The summed E-state index contributed by atoms with van der Waals surface area (Å²) in [6, 6.07) is 15.5. The van der Waals surface area contributed by atoms with Crippen molar-refractivity contribution in [2.45, 2.75) is 26.5 Å². The lowest BCUT2D eigenvalue weighted by atomic mass is 10.2. The van der Waals surface area contributed by atoms with Crippen LogP contribution in [0.25, 0.3) is 0 Å². The molecule has 0 fully saturated rings. The number of hydrogen-bond acceptors (Lipinski definition) is 7. The fourth-order valence-electron chi connectivity index (χ4n) is 2.80. The van der Waals surface area contributed by atoms with Crippen LogP contribution < -0.4 is 24.8 Å². The Hall–Kier alpha value is -3.48. The van der Waals surface area contributed by atoms with Gasteiger partial charge in [-0.15, -0.1) is 0 Å². The largest absolute Gasteiger partial charge is 0.491 e. The third-order valence-electron chi connectivity index (χ3n) is 4.08. The molecule has 0 bridgehead atoms. The SMILES string of the molecule is CC(C)Oc1ccc(Nc2cc(NCc3ccc4c(c3)OCO4)ncn2)cc1. The lowest BCUT2D eigenvalue weighted by Gasteiger charge is -2.11. The van der Waals surface area contributed by atoms with Gasteiger partial charge in [0.05, 0.1) is 6.10 Å². The second-order valence-corrected chi connectivity index (χ2v) is 6.65. The molecule has 0 aliphatic carbocycles. The highest BCUT2D eigenvalue weighted by molar-refractivity contribution is 5.59. The number of ether oxygens (including phenoxy) is 3. The first kappa shape index (κ1) is 17.9. The molecular formula is C21H22N4O3. The van der Waals surface area contributed by atoms with E-state index in [0.717, 1.165) is 34.3 Å². The van der Waals surface area contributed by atoms with Crippen LogP contribution >= 0.6 is 0 Å². The quantitative estimate of drug-likeness (QED) is 0.633. The van der Waals surface area contributed by atoms with Crippen molar-refractivity contribution >= 4 is 17.3 Å². The molecule has 0 radical (unpaired) electrons. The van der Waals surface area contributed by atoms with Crippen molar-refractivity contribution in [2.24, 2.45) is 0 Å². The number of nitrogens with zero attached hydrogens (tertiary/aromatic N) is 2. The fraction of sp³-hybridized carbons (Fsp3) is 0.238. The molecule has 3 aromatic rings. The monoisotopic (exact) mass is 378 g/mol. The van der Waals surface area contributed by atoms with E-state index >= 15 is 0 Å². The predicted molar refractivity (Wildman–Crippen MR) is 107 cm³/mol. The molecule has 1 aromatic heterocycles. The van der Waals surface area contributed by atoms with Gasteiger partial charge in [0.25, 0.3) is 0 Å². The van der Waals surface area contributed by atoms with Crippen molar-refractivity contribution < 1.29 is 14.2 Å². The van der Waals surface area contributed by atoms with Crippen LogP contribution in [0.3, 0.4) is 0 Å². The number of fused-ring (bicyclic) bond motifs is 1. The van der Waals surface area contributed by atoms with Gasteiger partial charge in [-0.2, -0.15) is 0 Å². The first-order chi connectivity index (χ1) is 13.7. The Kier molecular flexibility index (Phi) is 5.14. The normalized spacial score (nSPS) is 12.1. The molecule has 1 aliphatic heterocycles. The van der Waals surface area contributed by atoms with Gasteiger partial charge in [0, 0.05) is 18.3 Å². The minimum absolute atomic E-state index is 0.152. The van der Waals surface area contributed by atoms with Gasteiger partial charge in [-0.05, 0) is 55.8 Å². The van der Waals surface area contributed by atoms with Crippen molar-refractivity contribution in [2.75, 3.05) is 17.4 Å². The van der Waals surface area contributed by atoms with Gasteiger partial charge in [0.15, 0.2) is 11.5 Å². The summed E-state index contributed by atoms with van der Waals surface area (Å²) in [4.78, 5) is 8.55. The van der Waals surface area contributed by atoms with Gasteiger partial charge >= 0.3 is 0 Å². The smallest absolute Gasteiger partial charge is 0.231 e. The number of benzene rings is 2. The average molecular weight is 378 g/mol. The average Bonchev–Trinajstić information content (AvgIpc) is 3.16. The van der Waals surface area contributed by atoms with Crippen molar-refractivity contribution in [3.05, 3.63) is 60.4 Å². The molecule has 2 aromatic carbocycles. The van der Waals surface area contributed by atoms with Crippen molar-refractivity contribution in [1.29, 1.82) is 0 Å². The standard InChI is InChI=1S/C21H22N4O3/c1-14(2)28-17-6-4-16(5-7-17)25-21-10-20(23-12-24-21)22-11-15-3-8-18-19(9-15)27-13-26-18/h3-10,12,14H,11,13H2,1-2H3,(H2,22,23,24,25). The zero-order valence-electron chi connectivity index (χ0n) is 15.8. The highest BCUT2D eigenvalue weighted by Crippen LogP contribution is 2.32. The van der Waals surface area contributed by atoms with Crippen LogP contribution in [-0.4, -0.2) is 22.9 Å². The minimum Gasteiger partial charge on any atom is -0.491 e. The molecule has 2 N–H and O–H groups in total. The number of nitrogens with one attached hydrogen (secondary N) is 2. The summed E-state index contributed by atoms with van der Waals surface area (Å²) >= 11 is 0. The lowest BCUT2D eigenvalue weighted by molar-refractivity contribution is 0.174. The summed E-state index contributed by atoms with van der Waals surface area (Å²) in [5, 5.41) is 6.58. The van der Waals surface area contributed by atoms with E-state index < -0.39 is 0 Å². The van der Waals surface area contributed by atoms with Crippen molar-refractivity contribution in [3.8, 4) is 17.2 Å². The summed E-state index contributed by atoms with van der Waals surface area (Å²) in [7, 11) is 0. The van der Waals surface area contributed by atoms with Crippen molar-refractivity contribution in [3.63, 3.8) is 0 Å². The van der Waals surface area contributed by atoms with Gasteiger partial charge in [0.1, 0.15) is 23.7 Å². The van der Waals surface area contributed by atoms with E-state index in [1.165, 1.54) is 6.33 Å². The van der Waals surface area contributed by atoms with Crippen LogP contribution in [0.5, 0.6) is 17.2 Å². The van der Waals surface area contributed by atoms with Gasteiger partial charge < -0.3 is 24.8 Å². The Bertz CT molecular complexity index is 945. The second kappa shape index (κ2) is 8.04. The molecule has 0 unspecified atom stereocenters. The summed E-state index contributed by atoms with van der Waals surface area (Å²) in [5.74, 6) is 3.83. The Morgan fingerprint density at radius 1 is 0.964 bits per heavy atom. The van der Waals surface area contributed by atoms with Crippen LogP contribution in [-0.2, 0) is 6.54 Å². The molecule has 0 amide bonds. The molecule has 4 rings (SSSR count). The number of rotatable bonds is 7. The Morgan fingerprint density at radius 3 is 2.57 bits per heavy atom. The molecule has 0 atom stereocenters. The maximum Gasteiger partial charge on any atom is 0.231 e. The number of anilines is 3. The second-order valence-electron chi connectivity index (χ2n) is 6.65. The van der Waals surface area contributed by atoms with E-state index in [4.69, 9.17) is 14.2 Å². The fourth-order valence-corrected chi connectivity index (χ4v) is 2.80. The maximum absolute atomic E-state index is 5.66. The Labute approximate surface area is 163 Å². The summed E-state index contributed by atoms with van der Waals surface area (Å²) in [6.07, 6.45) is 1.68. The minimum atomic E-state index is 0.152. The Balaban J connectivity index is 1.37. The first-order valence-electron chi connectivity index (χ1n) is 9.14.